The van der Waals surface area contributed by atoms with Gasteiger partial charge < -0.3 is 5.21 Å². The lowest BCUT2D eigenvalue weighted by Gasteiger charge is -2.03. The Morgan fingerprint density at radius 1 is 1.00 bits per heavy atom. The fourth-order valence-electron chi connectivity index (χ4n) is 1.47. The molecular formula is C16H14N2O. The van der Waals surface area contributed by atoms with Gasteiger partial charge in [-0.05, 0) is 0 Å². The highest BCUT2D eigenvalue weighted by atomic mass is 16.4. The standard InChI is InChI=1S/C13H11NO.C3H3N/c15-14-13(11-7-3-1-4-8-11)12-9-5-2-6-10-12;1-2-3-4/h1-10,15H;2H,1H2. The zero-order valence-electron chi connectivity index (χ0n) is 10.4. The number of nitriles is 1. The first kappa shape index (κ1) is 14.2. The van der Waals surface area contributed by atoms with Crippen molar-refractivity contribution in [3.05, 3.63) is 84.4 Å². The number of hydrogen-bond donors (Lipinski definition) is 1. The molecule has 3 heteroatoms. The Labute approximate surface area is 112 Å². The van der Waals surface area contributed by atoms with E-state index in [0.717, 1.165) is 11.1 Å². The lowest BCUT2D eigenvalue weighted by molar-refractivity contribution is 0.319. The summed E-state index contributed by atoms with van der Waals surface area (Å²) in [5.41, 5.74) is 2.41. The molecule has 0 heterocycles. The lowest BCUT2D eigenvalue weighted by atomic mass is 10.0. The van der Waals surface area contributed by atoms with Gasteiger partial charge in [0.2, 0.25) is 0 Å². The highest BCUT2D eigenvalue weighted by molar-refractivity contribution is 6.12. The van der Waals surface area contributed by atoms with E-state index in [9.17, 15) is 0 Å². The maximum Gasteiger partial charge on any atom is 0.117 e. The first-order valence-electron chi connectivity index (χ1n) is 5.67. The highest BCUT2D eigenvalue weighted by Crippen LogP contribution is 2.09. The summed E-state index contributed by atoms with van der Waals surface area (Å²) in [6.45, 7) is 3.12. The van der Waals surface area contributed by atoms with E-state index in [1.807, 2.05) is 60.7 Å². The van der Waals surface area contributed by atoms with Crippen LogP contribution in [0.15, 0.2) is 78.5 Å². The van der Waals surface area contributed by atoms with Gasteiger partial charge in [0.15, 0.2) is 0 Å². The van der Waals surface area contributed by atoms with Crippen molar-refractivity contribution in [2.24, 2.45) is 5.16 Å². The molecule has 0 fully saturated rings. The molecule has 0 saturated carbocycles. The molecule has 0 unspecified atom stereocenters. The molecule has 0 radical (unpaired) electrons. The normalized spacial score (nSPS) is 8.37. The van der Waals surface area contributed by atoms with Crippen molar-refractivity contribution >= 4 is 5.71 Å². The van der Waals surface area contributed by atoms with Crippen molar-refractivity contribution in [3.8, 4) is 6.07 Å². The minimum atomic E-state index is 0.594. The third-order valence-corrected chi connectivity index (χ3v) is 2.29. The predicted octanol–water partition coefficient (Wildman–Crippen LogP) is 3.61. The van der Waals surface area contributed by atoms with Crippen LogP contribution in [-0.2, 0) is 0 Å². The predicted molar refractivity (Wildman–Crippen MR) is 76.1 cm³/mol. The first-order chi connectivity index (χ1) is 9.33. The second kappa shape index (κ2) is 8.26. The second-order valence-corrected chi connectivity index (χ2v) is 3.51. The minimum absolute atomic E-state index is 0.594. The Bertz CT molecular complexity index is 527. The van der Waals surface area contributed by atoms with Crippen molar-refractivity contribution in [1.29, 1.82) is 5.26 Å². The summed E-state index contributed by atoms with van der Waals surface area (Å²) in [6, 6.07) is 20.9. The molecule has 94 valence electrons. The zero-order valence-corrected chi connectivity index (χ0v) is 10.4. The third-order valence-electron chi connectivity index (χ3n) is 2.29. The van der Waals surface area contributed by atoms with Crippen LogP contribution in [0.1, 0.15) is 11.1 Å². The van der Waals surface area contributed by atoms with Crippen LogP contribution in [0.3, 0.4) is 0 Å². The van der Waals surface area contributed by atoms with Crippen LogP contribution in [0.25, 0.3) is 0 Å². The molecule has 0 aromatic heterocycles. The SMILES string of the molecule is C=CC#N.ON=C(c1ccccc1)c1ccccc1. The van der Waals surface area contributed by atoms with E-state index in [4.69, 9.17) is 10.5 Å². The number of rotatable bonds is 2. The van der Waals surface area contributed by atoms with E-state index in [2.05, 4.69) is 11.7 Å². The van der Waals surface area contributed by atoms with E-state index < -0.39 is 0 Å². The van der Waals surface area contributed by atoms with Crippen LogP contribution in [0.5, 0.6) is 0 Å². The van der Waals surface area contributed by atoms with E-state index >= 15 is 0 Å². The molecule has 19 heavy (non-hydrogen) atoms. The topological polar surface area (TPSA) is 56.4 Å². The Balaban J connectivity index is 0.000000399. The first-order valence-corrected chi connectivity index (χ1v) is 5.67. The van der Waals surface area contributed by atoms with Crippen LogP contribution in [-0.4, -0.2) is 10.9 Å². The van der Waals surface area contributed by atoms with Gasteiger partial charge in [-0.1, -0.05) is 72.4 Å². The van der Waals surface area contributed by atoms with Gasteiger partial charge >= 0.3 is 0 Å². The summed E-state index contributed by atoms with van der Waals surface area (Å²) < 4.78 is 0. The lowest BCUT2D eigenvalue weighted by Crippen LogP contribution is -2.02. The average molecular weight is 250 g/mol. The van der Waals surface area contributed by atoms with Crippen LogP contribution < -0.4 is 0 Å². The van der Waals surface area contributed by atoms with Gasteiger partial charge in [0.05, 0.1) is 6.07 Å². The largest absolute Gasteiger partial charge is 0.410 e. The van der Waals surface area contributed by atoms with E-state index in [0.29, 0.717) is 5.71 Å². The van der Waals surface area contributed by atoms with Gasteiger partial charge in [0.1, 0.15) is 5.71 Å². The second-order valence-electron chi connectivity index (χ2n) is 3.51. The van der Waals surface area contributed by atoms with Crippen molar-refractivity contribution in [1.82, 2.24) is 0 Å². The van der Waals surface area contributed by atoms with E-state index in [1.54, 1.807) is 6.07 Å². The molecule has 0 saturated heterocycles. The number of hydrogen-bond acceptors (Lipinski definition) is 3. The van der Waals surface area contributed by atoms with Crippen molar-refractivity contribution < 1.29 is 5.21 Å². The molecule has 0 aliphatic rings. The maximum absolute atomic E-state index is 9.02. The fraction of sp³-hybridized carbons (Fsp3) is 0. The van der Waals surface area contributed by atoms with Gasteiger partial charge in [0.25, 0.3) is 0 Å². The van der Waals surface area contributed by atoms with Crippen molar-refractivity contribution in [2.75, 3.05) is 0 Å². The molecule has 0 spiro atoms. The summed E-state index contributed by atoms with van der Waals surface area (Å²) in [5.74, 6) is 0. The fourth-order valence-corrected chi connectivity index (χ4v) is 1.47. The summed E-state index contributed by atoms with van der Waals surface area (Å²) >= 11 is 0. The molecule has 0 aliphatic carbocycles. The molecule has 0 amide bonds. The van der Waals surface area contributed by atoms with Gasteiger partial charge in [-0.2, -0.15) is 5.26 Å². The molecule has 0 bridgehead atoms. The number of nitrogens with zero attached hydrogens (tertiary/aromatic N) is 2. The molecule has 2 aromatic rings. The van der Waals surface area contributed by atoms with Gasteiger partial charge in [-0.15, -0.1) is 0 Å². The van der Waals surface area contributed by atoms with Crippen LogP contribution in [0.4, 0.5) is 0 Å². The molecule has 0 atom stereocenters. The highest BCUT2D eigenvalue weighted by Gasteiger charge is 2.05. The third kappa shape index (κ3) is 4.49. The van der Waals surface area contributed by atoms with Crippen molar-refractivity contribution in [2.45, 2.75) is 0 Å². The van der Waals surface area contributed by atoms with Crippen LogP contribution in [0, 0.1) is 11.3 Å². The van der Waals surface area contributed by atoms with Crippen molar-refractivity contribution in [3.63, 3.8) is 0 Å². The van der Waals surface area contributed by atoms with Crippen LogP contribution in [0.2, 0.25) is 0 Å². The number of allylic oxidation sites excluding steroid dienone is 1. The molecule has 0 aliphatic heterocycles. The molecular weight excluding hydrogens is 236 g/mol. The summed E-state index contributed by atoms with van der Waals surface area (Å²) in [6.07, 6.45) is 1.18. The molecule has 3 nitrogen and oxygen atoms in total. The number of oxime groups is 1. The van der Waals surface area contributed by atoms with Gasteiger partial charge in [-0.3, -0.25) is 0 Å². The average Bonchev–Trinajstić information content (AvgIpc) is 2.50. The summed E-state index contributed by atoms with van der Waals surface area (Å²) in [4.78, 5) is 0. The Kier molecular flexibility index (Phi) is 6.18. The summed E-state index contributed by atoms with van der Waals surface area (Å²) in [5, 5.41) is 19.9. The van der Waals surface area contributed by atoms with Gasteiger partial charge in [-0.25, -0.2) is 0 Å². The zero-order chi connectivity index (χ0) is 13.9. The van der Waals surface area contributed by atoms with Gasteiger partial charge in [0, 0.05) is 17.2 Å². The molecule has 1 N–H and O–H groups in total. The monoisotopic (exact) mass is 250 g/mol. The van der Waals surface area contributed by atoms with E-state index in [1.165, 1.54) is 6.08 Å². The Morgan fingerprint density at radius 3 is 1.63 bits per heavy atom. The van der Waals surface area contributed by atoms with Crippen LogP contribution >= 0.6 is 0 Å². The smallest absolute Gasteiger partial charge is 0.117 e. The summed E-state index contributed by atoms with van der Waals surface area (Å²) in [7, 11) is 0. The Morgan fingerprint density at radius 2 is 1.37 bits per heavy atom. The quantitative estimate of drug-likeness (QED) is 0.383. The Hall–Kier alpha value is -2.86. The number of benzene rings is 2. The minimum Gasteiger partial charge on any atom is -0.410 e. The molecule has 2 aromatic carbocycles. The van der Waals surface area contributed by atoms with E-state index in [-0.39, 0.29) is 0 Å². The molecule has 2 rings (SSSR count). The maximum atomic E-state index is 9.02.